The van der Waals surface area contributed by atoms with E-state index in [2.05, 4.69) is 10.6 Å². The molecule has 2 aromatic carbocycles. The minimum absolute atomic E-state index is 0.131. The predicted octanol–water partition coefficient (Wildman–Crippen LogP) is 4.16. The zero-order chi connectivity index (χ0) is 25.7. The van der Waals surface area contributed by atoms with Crippen LogP contribution in [0.25, 0.3) is 11.1 Å². The number of amides is 2. The van der Waals surface area contributed by atoms with Crippen LogP contribution in [-0.4, -0.2) is 28.3 Å². The van der Waals surface area contributed by atoms with E-state index in [9.17, 15) is 28.3 Å². The first-order valence-electron chi connectivity index (χ1n) is 10.8. The Morgan fingerprint density at radius 3 is 2.54 bits per heavy atom. The van der Waals surface area contributed by atoms with Crippen LogP contribution >= 0.6 is 0 Å². The Morgan fingerprint density at radius 2 is 1.86 bits per heavy atom. The maximum Gasteiger partial charge on any atom is 0.319 e. The number of carbonyl (C=O) groups excluding carboxylic acids is 2. The number of nitrogens with one attached hydrogen (secondary N) is 2. The molecule has 0 aliphatic heterocycles. The van der Waals surface area contributed by atoms with E-state index in [-0.39, 0.29) is 24.3 Å². The average Bonchev–Trinajstić information content (AvgIpc) is 2.80. The lowest BCUT2D eigenvalue weighted by Gasteiger charge is -2.21. The molecule has 0 unspecified atom stereocenters. The highest BCUT2D eigenvalue weighted by Gasteiger charge is 2.22. The molecule has 0 aliphatic rings. The second-order valence-corrected chi connectivity index (χ2v) is 7.85. The van der Waals surface area contributed by atoms with E-state index < -0.39 is 41.0 Å². The van der Waals surface area contributed by atoms with Crippen LogP contribution in [-0.2, 0) is 16.6 Å². The monoisotopic (exact) mass is 485 g/mol. The molecule has 3 rings (SSSR count). The number of aromatic nitrogens is 1. The van der Waals surface area contributed by atoms with Gasteiger partial charge in [-0.1, -0.05) is 12.1 Å². The minimum Gasteiger partial charge on any atom is -0.505 e. The standard InChI is InChI=1S/C25H25F2N3O5/c1-4-35-22(32)13-20(28-25(34)29-23-21(31)9-10-30(3)24(23)33)15-6-5-14(2)18(11-15)17-8-7-16(26)12-19(17)27/h5-12,20,31H,4,13H2,1-3H3,(H2,28,29,34)/t20-/m0/s1. The van der Waals surface area contributed by atoms with Crippen molar-refractivity contribution in [3.8, 4) is 16.9 Å². The molecule has 1 aromatic heterocycles. The largest absolute Gasteiger partial charge is 0.505 e. The van der Waals surface area contributed by atoms with E-state index in [1.54, 1.807) is 32.0 Å². The molecular formula is C25H25F2N3O5. The van der Waals surface area contributed by atoms with Crippen molar-refractivity contribution in [1.29, 1.82) is 0 Å². The molecular weight excluding hydrogens is 460 g/mol. The molecule has 1 heterocycles. The van der Waals surface area contributed by atoms with Gasteiger partial charge in [-0.2, -0.15) is 0 Å². The van der Waals surface area contributed by atoms with Crippen LogP contribution in [0, 0.1) is 18.6 Å². The van der Waals surface area contributed by atoms with E-state index >= 15 is 0 Å². The summed E-state index contributed by atoms with van der Waals surface area (Å²) in [7, 11) is 1.46. The topological polar surface area (TPSA) is 110 Å². The van der Waals surface area contributed by atoms with E-state index in [0.717, 1.165) is 12.1 Å². The van der Waals surface area contributed by atoms with Gasteiger partial charge in [-0.05, 0) is 54.8 Å². The van der Waals surface area contributed by atoms with Crippen LogP contribution in [0.15, 0.2) is 53.5 Å². The van der Waals surface area contributed by atoms with E-state index in [1.807, 2.05) is 0 Å². The molecule has 2 amide bonds. The molecule has 0 bridgehead atoms. The number of urea groups is 1. The second-order valence-electron chi connectivity index (χ2n) is 7.85. The normalized spacial score (nSPS) is 11.6. The van der Waals surface area contributed by atoms with Crippen molar-refractivity contribution in [1.82, 2.24) is 9.88 Å². The number of nitrogens with zero attached hydrogens (tertiary/aromatic N) is 1. The SMILES string of the molecule is CCOC(=O)C[C@H](NC(=O)Nc1c(O)ccn(C)c1=O)c1ccc(C)c(-c2ccc(F)cc2F)c1. The molecule has 3 aromatic rings. The first kappa shape index (κ1) is 25.4. The van der Waals surface area contributed by atoms with Gasteiger partial charge in [0.25, 0.3) is 5.56 Å². The summed E-state index contributed by atoms with van der Waals surface area (Å²) in [6.45, 7) is 3.52. The summed E-state index contributed by atoms with van der Waals surface area (Å²) >= 11 is 0. The van der Waals surface area contributed by atoms with Gasteiger partial charge in [-0.3, -0.25) is 9.59 Å². The van der Waals surface area contributed by atoms with Crippen LogP contribution in [0.4, 0.5) is 19.3 Å². The van der Waals surface area contributed by atoms with Gasteiger partial charge in [0.05, 0.1) is 19.1 Å². The number of aryl methyl sites for hydroxylation is 2. The molecule has 0 saturated carbocycles. The third kappa shape index (κ3) is 6.03. The lowest BCUT2D eigenvalue weighted by Crippen LogP contribution is -2.36. The van der Waals surface area contributed by atoms with Crippen molar-refractivity contribution >= 4 is 17.7 Å². The lowest BCUT2D eigenvalue weighted by atomic mass is 9.94. The number of halogens is 2. The van der Waals surface area contributed by atoms with Crippen molar-refractivity contribution in [2.45, 2.75) is 26.3 Å². The Bertz CT molecular complexity index is 1320. The molecule has 0 spiro atoms. The lowest BCUT2D eigenvalue weighted by molar-refractivity contribution is -0.143. The first-order chi connectivity index (χ1) is 16.6. The fourth-order valence-electron chi connectivity index (χ4n) is 3.54. The van der Waals surface area contributed by atoms with Crippen molar-refractivity contribution in [2.75, 3.05) is 11.9 Å². The maximum atomic E-state index is 14.5. The number of hydrogen-bond acceptors (Lipinski definition) is 5. The Balaban J connectivity index is 1.95. The summed E-state index contributed by atoms with van der Waals surface area (Å²) in [5.41, 5.74) is 0.777. The highest BCUT2D eigenvalue weighted by molar-refractivity contribution is 5.91. The van der Waals surface area contributed by atoms with E-state index in [1.165, 1.54) is 29.9 Å². The molecule has 3 N–H and O–H groups in total. The molecule has 184 valence electrons. The summed E-state index contributed by atoms with van der Waals surface area (Å²) in [5.74, 6) is -2.48. The number of anilines is 1. The Morgan fingerprint density at radius 1 is 1.11 bits per heavy atom. The van der Waals surface area contributed by atoms with Gasteiger partial charge in [0, 0.05) is 24.9 Å². The molecule has 0 saturated heterocycles. The van der Waals surface area contributed by atoms with Gasteiger partial charge in [-0.15, -0.1) is 0 Å². The number of ether oxygens (including phenoxy) is 1. The molecule has 8 nitrogen and oxygen atoms in total. The zero-order valence-corrected chi connectivity index (χ0v) is 19.4. The number of pyridine rings is 1. The number of esters is 1. The van der Waals surface area contributed by atoms with Crippen molar-refractivity contribution in [3.05, 3.63) is 81.8 Å². The smallest absolute Gasteiger partial charge is 0.319 e. The summed E-state index contributed by atoms with van der Waals surface area (Å²) in [5, 5.41) is 14.9. The van der Waals surface area contributed by atoms with E-state index in [4.69, 9.17) is 4.74 Å². The Kier molecular flexibility index (Phi) is 7.85. The third-order valence-corrected chi connectivity index (χ3v) is 5.35. The first-order valence-corrected chi connectivity index (χ1v) is 10.8. The number of hydrogen-bond donors (Lipinski definition) is 3. The minimum atomic E-state index is -0.924. The molecule has 10 heteroatoms. The fourth-order valence-corrected chi connectivity index (χ4v) is 3.54. The highest BCUT2D eigenvalue weighted by Crippen LogP contribution is 2.30. The zero-order valence-electron chi connectivity index (χ0n) is 19.4. The fraction of sp³-hybridized carbons (Fsp3) is 0.240. The van der Waals surface area contributed by atoms with Crippen LogP contribution in [0.5, 0.6) is 5.75 Å². The average molecular weight is 485 g/mol. The molecule has 0 fully saturated rings. The number of rotatable bonds is 7. The summed E-state index contributed by atoms with van der Waals surface area (Å²) in [6.07, 6.45) is 1.08. The van der Waals surface area contributed by atoms with E-state index in [0.29, 0.717) is 16.7 Å². The van der Waals surface area contributed by atoms with Gasteiger partial charge in [0.2, 0.25) is 0 Å². The number of benzene rings is 2. The van der Waals surface area contributed by atoms with Gasteiger partial charge in [0.15, 0.2) is 5.69 Å². The molecule has 35 heavy (non-hydrogen) atoms. The predicted molar refractivity (Wildman–Crippen MR) is 126 cm³/mol. The molecule has 1 atom stereocenters. The van der Waals surface area contributed by atoms with Crippen molar-refractivity contribution < 1.29 is 28.2 Å². The second kappa shape index (κ2) is 10.8. The van der Waals surface area contributed by atoms with Crippen molar-refractivity contribution in [3.63, 3.8) is 0 Å². The van der Waals surface area contributed by atoms with Crippen molar-refractivity contribution in [2.24, 2.45) is 7.05 Å². The van der Waals surface area contributed by atoms with Crippen LogP contribution in [0.3, 0.4) is 0 Å². The van der Waals surface area contributed by atoms with Gasteiger partial charge in [0.1, 0.15) is 17.4 Å². The quantitative estimate of drug-likeness (QED) is 0.436. The molecule has 0 radical (unpaired) electrons. The summed E-state index contributed by atoms with van der Waals surface area (Å²) in [4.78, 5) is 37.2. The van der Waals surface area contributed by atoms with Crippen LogP contribution in [0.1, 0.15) is 30.5 Å². The Labute approximate surface area is 200 Å². The third-order valence-electron chi connectivity index (χ3n) is 5.35. The van der Waals surface area contributed by atoms with Gasteiger partial charge in [-0.25, -0.2) is 13.6 Å². The maximum absolute atomic E-state index is 14.5. The highest BCUT2D eigenvalue weighted by atomic mass is 19.1. The summed E-state index contributed by atoms with van der Waals surface area (Å²) < 4.78 is 34.1. The number of aromatic hydroxyl groups is 1. The van der Waals surface area contributed by atoms with Crippen LogP contribution < -0.4 is 16.2 Å². The number of carbonyl (C=O) groups is 2. The van der Waals surface area contributed by atoms with Gasteiger partial charge >= 0.3 is 12.0 Å². The van der Waals surface area contributed by atoms with Crippen LogP contribution in [0.2, 0.25) is 0 Å². The molecule has 0 aliphatic carbocycles. The Hall–Kier alpha value is -4.21. The summed E-state index contributed by atoms with van der Waals surface area (Å²) in [6, 6.07) is 7.62. The van der Waals surface area contributed by atoms with Gasteiger partial charge < -0.3 is 25.0 Å².